The van der Waals surface area contributed by atoms with Gasteiger partial charge in [-0.25, -0.2) is 4.68 Å². The van der Waals surface area contributed by atoms with Crippen LogP contribution in [0.2, 0.25) is 5.15 Å². The molecule has 4 rings (SSSR count). The van der Waals surface area contributed by atoms with E-state index in [0.717, 1.165) is 34.1 Å². The van der Waals surface area contributed by atoms with E-state index in [1.807, 2.05) is 71.5 Å². The van der Waals surface area contributed by atoms with Crippen LogP contribution >= 0.6 is 11.6 Å². The fourth-order valence-electron chi connectivity index (χ4n) is 3.13. The molecule has 134 valence electrons. The van der Waals surface area contributed by atoms with Crippen LogP contribution in [0.15, 0.2) is 73.1 Å². The number of aryl methyl sites for hydroxylation is 1. The van der Waals surface area contributed by atoms with Crippen molar-refractivity contribution in [3.05, 3.63) is 89.3 Å². The van der Waals surface area contributed by atoms with Crippen molar-refractivity contribution in [1.29, 1.82) is 0 Å². The maximum absolute atomic E-state index is 12.3. The third-order valence-corrected chi connectivity index (χ3v) is 4.82. The molecule has 4 aromatic rings. The molecule has 0 aliphatic heterocycles. The molecule has 0 radical (unpaired) electrons. The zero-order valence-electron chi connectivity index (χ0n) is 14.7. The summed E-state index contributed by atoms with van der Waals surface area (Å²) in [7, 11) is 0. The molecule has 0 saturated carbocycles. The summed E-state index contributed by atoms with van der Waals surface area (Å²) < 4.78 is 1.83. The Morgan fingerprint density at radius 3 is 2.56 bits per heavy atom. The summed E-state index contributed by atoms with van der Waals surface area (Å²) in [6, 6.07) is 19.6. The van der Waals surface area contributed by atoms with Gasteiger partial charge in [0.1, 0.15) is 5.78 Å². The Balaban J connectivity index is 1.45. The number of rotatable bonds is 6. The summed E-state index contributed by atoms with van der Waals surface area (Å²) >= 11 is 6.23. The third-order valence-electron chi connectivity index (χ3n) is 4.54. The molecule has 2 aromatic carbocycles. The Labute approximate surface area is 162 Å². The summed E-state index contributed by atoms with van der Waals surface area (Å²) in [5.41, 5.74) is 3.97. The van der Waals surface area contributed by atoms with Crippen molar-refractivity contribution in [2.75, 3.05) is 0 Å². The number of halogens is 1. The lowest BCUT2D eigenvalue weighted by molar-refractivity contribution is -0.118. The van der Waals surface area contributed by atoms with Crippen molar-refractivity contribution in [2.24, 2.45) is 0 Å². The lowest BCUT2D eigenvalue weighted by atomic mass is 10.0. The fourth-order valence-corrected chi connectivity index (χ4v) is 3.36. The SMILES string of the molecule is O=C(CCc1cccnc1)Cc1ccc(-n2nc(Cl)c3ccccc32)cc1. The summed E-state index contributed by atoms with van der Waals surface area (Å²) in [5, 5.41) is 5.83. The summed E-state index contributed by atoms with van der Waals surface area (Å²) in [4.78, 5) is 16.3. The molecule has 0 saturated heterocycles. The van der Waals surface area contributed by atoms with Gasteiger partial charge in [-0.2, -0.15) is 5.10 Å². The normalized spacial score (nSPS) is 11.0. The quantitative estimate of drug-likeness (QED) is 0.485. The number of aromatic nitrogens is 3. The Morgan fingerprint density at radius 1 is 0.963 bits per heavy atom. The van der Waals surface area contributed by atoms with Crippen molar-refractivity contribution < 1.29 is 4.79 Å². The number of para-hydroxylation sites is 1. The van der Waals surface area contributed by atoms with Gasteiger partial charge in [-0.15, -0.1) is 0 Å². The summed E-state index contributed by atoms with van der Waals surface area (Å²) in [6.45, 7) is 0. The average Bonchev–Trinajstić information content (AvgIpc) is 3.05. The Bertz CT molecular complexity index is 1070. The highest BCUT2D eigenvalue weighted by Gasteiger charge is 2.10. The first-order valence-corrected chi connectivity index (χ1v) is 9.22. The molecule has 27 heavy (non-hydrogen) atoms. The Morgan fingerprint density at radius 2 is 1.78 bits per heavy atom. The Hall–Kier alpha value is -2.98. The standard InChI is InChI=1S/C22H18ClN3O/c23-22-20-5-1-2-6-21(20)26(25-22)18-10-7-16(8-11-18)14-19(27)12-9-17-4-3-13-24-15-17/h1-8,10-11,13,15H,9,12,14H2. The number of Topliss-reactive ketones (excluding diaryl/α,β-unsaturated/α-hetero) is 1. The number of ketones is 1. The minimum Gasteiger partial charge on any atom is -0.299 e. The first-order chi connectivity index (χ1) is 13.2. The van der Waals surface area contributed by atoms with E-state index in [1.165, 1.54) is 0 Å². The molecule has 0 amide bonds. The van der Waals surface area contributed by atoms with E-state index in [2.05, 4.69) is 10.1 Å². The maximum Gasteiger partial charge on any atom is 0.159 e. The van der Waals surface area contributed by atoms with Crippen LogP contribution in [-0.2, 0) is 17.6 Å². The number of hydrogen-bond acceptors (Lipinski definition) is 3. The topological polar surface area (TPSA) is 47.8 Å². The molecule has 0 spiro atoms. The van der Waals surface area contributed by atoms with Crippen molar-refractivity contribution in [2.45, 2.75) is 19.3 Å². The molecule has 0 unspecified atom stereocenters. The fraction of sp³-hybridized carbons (Fsp3) is 0.136. The second kappa shape index (κ2) is 7.72. The number of carbonyl (C=O) groups is 1. The first kappa shape index (κ1) is 17.4. The molecular formula is C22H18ClN3O. The number of hydrogen-bond donors (Lipinski definition) is 0. The molecular weight excluding hydrogens is 358 g/mol. The Kier molecular flexibility index (Phi) is 4.99. The lowest BCUT2D eigenvalue weighted by Crippen LogP contribution is -2.05. The van der Waals surface area contributed by atoms with E-state index < -0.39 is 0 Å². The highest BCUT2D eigenvalue weighted by Crippen LogP contribution is 2.25. The molecule has 0 aliphatic rings. The van der Waals surface area contributed by atoms with E-state index in [4.69, 9.17) is 11.6 Å². The number of benzene rings is 2. The molecule has 0 fully saturated rings. The van der Waals surface area contributed by atoms with Gasteiger partial charge in [0.25, 0.3) is 0 Å². The maximum atomic E-state index is 12.3. The largest absolute Gasteiger partial charge is 0.299 e. The second-order valence-electron chi connectivity index (χ2n) is 6.46. The minimum absolute atomic E-state index is 0.221. The molecule has 5 heteroatoms. The minimum atomic E-state index is 0.221. The van der Waals surface area contributed by atoms with Crippen LogP contribution in [0, 0.1) is 0 Å². The second-order valence-corrected chi connectivity index (χ2v) is 6.82. The van der Waals surface area contributed by atoms with Crippen LogP contribution in [0.4, 0.5) is 0 Å². The van der Waals surface area contributed by atoms with Gasteiger partial charge in [0, 0.05) is 30.6 Å². The smallest absolute Gasteiger partial charge is 0.159 e. The van der Waals surface area contributed by atoms with Gasteiger partial charge in [0.2, 0.25) is 0 Å². The lowest BCUT2D eigenvalue weighted by Gasteiger charge is -2.06. The van der Waals surface area contributed by atoms with Gasteiger partial charge in [-0.3, -0.25) is 9.78 Å². The molecule has 0 aliphatic carbocycles. The van der Waals surface area contributed by atoms with Crippen LogP contribution in [0.1, 0.15) is 17.5 Å². The molecule has 0 N–H and O–H groups in total. The van der Waals surface area contributed by atoms with E-state index in [1.54, 1.807) is 6.20 Å². The molecule has 2 heterocycles. The first-order valence-electron chi connectivity index (χ1n) is 8.84. The van der Waals surface area contributed by atoms with Gasteiger partial charge in [0.15, 0.2) is 5.15 Å². The number of carbonyl (C=O) groups excluding carboxylic acids is 1. The van der Waals surface area contributed by atoms with E-state index in [9.17, 15) is 4.79 Å². The van der Waals surface area contributed by atoms with Gasteiger partial charge < -0.3 is 0 Å². The predicted octanol–water partition coefficient (Wildman–Crippen LogP) is 4.82. The van der Waals surface area contributed by atoms with Crippen molar-refractivity contribution >= 4 is 28.3 Å². The van der Waals surface area contributed by atoms with Gasteiger partial charge in [-0.05, 0) is 47.9 Å². The van der Waals surface area contributed by atoms with Gasteiger partial charge >= 0.3 is 0 Å². The van der Waals surface area contributed by atoms with E-state index in [0.29, 0.717) is 18.0 Å². The third kappa shape index (κ3) is 3.91. The van der Waals surface area contributed by atoms with Crippen LogP contribution in [0.5, 0.6) is 0 Å². The van der Waals surface area contributed by atoms with Crippen LogP contribution < -0.4 is 0 Å². The zero-order valence-corrected chi connectivity index (χ0v) is 15.4. The van der Waals surface area contributed by atoms with Gasteiger partial charge in [-0.1, -0.05) is 41.9 Å². The number of fused-ring (bicyclic) bond motifs is 1. The summed E-state index contributed by atoms with van der Waals surface area (Å²) in [5.74, 6) is 0.221. The molecule has 4 nitrogen and oxygen atoms in total. The number of pyridine rings is 1. The average molecular weight is 376 g/mol. The van der Waals surface area contributed by atoms with E-state index >= 15 is 0 Å². The van der Waals surface area contributed by atoms with Crippen molar-refractivity contribution in [1.82, 2.24) is 14.8 Å². The summed E-state index contributed by atoms with van der Waals surface area (Å²) in [6.07, 6.45) is 5.22. The molecule has 0 atom stereocenters. The highest BCUT2D eigenvalue weighted by atomic mass is 35.5. The van der Waals surface area contributed by atoms with E-state index in [-0.39, 0.29) is 5.78 Å². The molecule has 2 aromatic heterocycles. The van der Waals surface area contributed by atoms with Gasteiger partial charge in [0.05, 0.1) is 11.2 Å². The predicted molar refractivity (Wildman–Crippen MR) is 107 cm³/mol. The van der Waals surface area contributed by atoms with Crippen molar-refractivity contribution in [3.63, 3.8) is 0 Å². The highest BCUT2D eigenvalue weighted by molar-refractivity contribution is 6.34. The van der Waals surface area contributed by atoms with Crippen LogP contribution in [-0.4, -0.2) is 20.5 Å². The monoisotopic (exact) mass is 375 g/mol. The van der Waals surface area contributed by atoms with Crippen molar-refractivity contribution in [3.8, 4) is 5.69 Å². The van der Waals surface area contributed by atoms with Crippen LogP contribution in [0.25, 0.3) is 16.6 Å². The zero-order chi connectivity index (χ0) is 18.6. The number of nitrogens with zero attached hydrogens (tertiary/aromatic N) is 3. The van der Waals surface area contributed by atoms with Crippen LogP contribution in [0.3, 0.4) is 0 Å². The molecule has 0 bridgehead atoms.